The van der Waals surface area contributed by atoms with Crippen molar-refractivity contribution >= 4 is 5.69 Å². The lowest BCUT2D eigenvalue weighted by atomic mass is 10.00. The molecule has 0 radical (unpaired) electrons. The van der Waals surface area contributed by atoms with Gasteiger partial charge in [0, 0.05) is 19.5 Å². The smallest absolute Gasteiger partial charge is 0.313 e. The first kappa shape index (κ1) is 13.6. The van der Waals surface area contributed by atoms with E-state index in [1.807, 2.05) is 0 Å². The predicted octanol–water partition coefficient (Wildman–Crippen LogP) is 1.55. The van der Waals surface area contributed by atoms with Gasteiger partial charge in [-0.3, -0.25) is 14.8 Å². The van der Waals surface area contributed by atoms with E-state index in [-0.39, 0.29) is 16.7 Å². The maximum Gasteiger partial charge on any atom is 0.313 e. The molecule has 1 heterocycles. The lowest BCUT2D eigenvalue weighted by molar-refractivity contribution is -0.386. The normalized spacial score (nSPS) is 13.1. The minimum atomic E-state index is -0.375. The summed E-state index contributed by atoms with van der Waals surface area (Å²) in [5, 5.41) is 15.1. The second-order valence-electron chi connectivity index (χ2n) is 4.86. The predicted molar refractivity (Wildman–Crippen MR) is 65.7 cm³/mol. The van der Waals surface area contributed by atoms with Crippen molar-refractivity contribution < 1.29 is 4.92 Å². The lowest BCUT2D eigenvalue weighted by Gasteiger charge is -2.13. The molecule has 0 aromatic carbocycles. The van der Waals surface area contributed by atoms with Gasteiger partial charge in [0.05, 0.1) is 4.92 Å². The Morgan fingerprint density at radius 3 is 2.59 bits per heavy atom. The first-order valence-corrected chi connectivity index (χ1v) is 5.75. The van der Waals surface area contributed by atoms with Crippen molar-refractivity contribution in [3.8, 4) is 0 Å². The van der Waals surface area contributed by atoms with E-state index in [1.165, 1.54) is 0 Å². The molecule has 1 unspecified atom stereocenters. The molecular weight excluding hydrogens is 220 g/mol. The first-order chi connectivity index (χ1) is 7.82. The van der Waals surface area contributed by atoms with Crippen molar-refractivity contribution in [2.24, 2.45) is 18.7 Å². The maximum atomic E-state index is 11.0. The lowest BCUT2D eigenvalue weighted by Crippen LogP contribution is -2.26. The topological polar surface area (TPSA) is 87.0 Å². The van der Waals surface area contributed by atoms with Gasteiger partial charge in [0.25, 0.3) is 0 Å². The van der Waals surface area contributed by atoms with Gasteiger partial charge in [-0.05, 0) is 19.3 Å². The van der Waals surface area contributed by atoms with Gasteiger partial charge in [0.15, 0.2) is 0 Å². The zero-order chi connectivity index (χ0) is 13.2. The third-order valence-corrected chi connectivity index (χ3v) is 2.72. The fourth-order valence-corrected chi connectivity index (χ4v) is 2.10. The molecule has 0 aliphatic rings. The van der Waals surface area contributed by atoms with Crippen LogP contribution < -0.4 is 5.73 Å². The van der Waals surface area contributed by atoms with E-state index in [0.29, 0.717) is 23.7 Å². The van der Waals surface area contributed by atoms with E-state index in [1.54, 1.807) is 18.7 Å². The Kier molecular flexibility index (Phi) is 4.22. The second-order valence-corrected chi connectivity index (χ2v) is 4.86. The fourth-order valence-electron chi connectivity index (χ4n) is 2.10. The molecule has 96 valence electrons. The van der Waals surface area contributed by atoms with Gasteiger partial charge in [-0.15, -0.1) is 0 Å². The third-order valence-electron chi connectivity index (χ3n) is 2.72. The molecule has 1 aromatic heterocycles. The van der Waals surface area contributed by atoms with Gasteiger partial charge in [0.1, 0.15) is 11.4 Å². The summed E-state index contributed by atoms with van der Waals surface area (Å²) in [6.07, 6.45) is 1.34. The highest BCUT2D eigenvalue weighted by molar-refractivity contribution is 5.40. The summed E-state index contributed by atoms with van der Waals surface area (Å²) in [5.74, 6) is 0.485. The molecule has 0 aliphatic carbocycles. The third kappa shape index (κ3) is 3.26. The first-order valence-electron chi connectivity index (χ1n) is 5.75. The van der Waals surface area contributed by atoms with Crippen LogP contribution in [0, 0.1) is 23.0 Å². The van der Waals surface area contributed by atoms with Crippen molar-refractivity contribution in [1.82, 2.24) is 9.78 Å². The highest BCUT2D eigenvalue weighted by Crippen LogP contribution is 2.24. The van der Waals surface area contributed by atoms with Gasteiger partial charge in [0.2, 0.25) is 0 Å². The van der Waals surface area contributed by atoms with Crippen LogP contribution >= 0.6 is 0 Å². The zero-order valence-corrected chi connectivity index (χ0v) is 10.8. The summed E-state index contributed by atoms with van der Waals surface area (Å²) < 4.78 is 1.56. The number of nitro groups is 1. The van der Waals surface area contributed by atoms with Crippen molar-refractivity contribution in [1.29, 1.82) is 0 Å². The Morgan fingerprint density at radius 1 is 1.53 bits per heavy atom. The molecule has 0 fully saturated rings. The van der Waals surface area contributed by atoms with Gasteiger partial charge in [-0.2, -0.15) is 5.10 Å². The molecule has 1 rings (SSSR count). The van der Waals surface area contributed by atoms with Crippen LogP contribution in [0.25, 0.3) is 0 Å². The molecule has 0 saturated carbocycles. The van der Waals surface area contributed by atoms with E-state index in [0.717, 1.165) is 6.42 Å². The van der Waals surface area contributed by atoms with Crippen LogP contribution in [-0.2, 0) is 13.5 Å². The van der Waals surface area contributed by atoms with E-state index < -0.39 is 0 Å². The minimum absolute atomic E-state index is 0.0662. The monoisotopic (exact) mass is 240 g/mol. The highest BCUT2D eigenvalue weighted by Gasteiger charge is 2.25. The van der Waals surface area contributed by atoms with Crippen LogP contribution in [-0.4, -0.2) is 20.7 Å². The largest absolute Gasteiger partial charge is 0.327 e. The number of hydrogen-bond acceptors (Lipinski definition) is 4. The number of nitrogens with two attached hydrogens (primary N) is 1. The summed E-state index contributed by atoms with van der Waals surface area (Å²) in [7, 11) is 1.72. The number of rotatable bonds is 5. The van der Waals surface area contributed by atoms with Crippen LogP contribution in [0.2, 0.25) is 0 Å². The molecule has 0 saturated heterocycles. The van der Waals surface area contributed by atoms with E-state index in [4.69, 9.17) is 5.73 Å². The maximum absolute atomic E-state index is 11.0. The Bertz CT molecular complexity index is 412. The van der Waals surface area contributed by atoms with Crippen LogP contribution in [0.4, 0.5) is 5.69 Å². The summed E-state index contributed by atoms with van der Waals surface area (Å²) in [5.41, 5.74) is 7.15. The molecule has 0 spiro atoms. The average molecular weight is 240 g/mol. The Morgan fingerprint density at radius 2 is 2.12 bits per heavy atom. The van der Waals surface area contributed by atoms with Crippen LogP contribution in [0.3, 0.4) is 0 Å². The quantitative estimate of drug-likeness (QED) is 0.625. The van der Waals surface area contributed by atoms with Crippen molar-refractivity contribution in [3.05, 3.63) is 21.5 Å². The molecule has 0 bridgehead atoms. The molecule has 6 heteroatoms. The standard InChI is InChI=1S/C11H20N4O2/c1-7(2)5-9(12)6-10-11(15(16)17)8(3)13-14(10)4/h7,9H,5-6,12H2,1-4H3. The summed E-state index contributed by atoms with van der Waals surface area (Å²) in [6, 6.07) is -0.0662. The molecule has 2 N–H and O–H groups in total. The van der Waals surface area contributed by atoms with Gasteiger partial charge >= 0.3 is 5.69 Å². The van der Waals surface area contributed by atoms with E-state index >= 15 is 0 Å². The fraction of sp³-hybridized carbons (Fsp3) is 0.727. The van der Waals surface area contributed by atoms with Crippen molar-refractivity contribution in [2.45, 2.75) is 39.7 Å². The molecular formula is C11H20N4O2. The number of nitrogens with zero attached hydrogens (tertiary/aromatic N) is 3. The van der Waals surface area contributed by atoms with Crippen LogP contribution in [0.1, 0.15) is 31.7 Å². The molecule has 1 aromatic rings. The second kappa shape index (κ2) is 5.27. The molecule has 1 atom stereocenters. The zero-order valence-electron chi connectivity index (χ0n) is 10.8. The Labute approximate surface area is 101 Å². The number of aryl methyl sites for hydroxylation is 2. The minimum Gasteiger partial charge on any atom is -0.327 e. The van der Waals surface area contributed by atoms with Crippen LogP contribution in [0.5, 0.6) is 0 Å². The Hall–Kier alpha value is -1.43. The van der Waals surface area contributed by atoms with E-state index in [2.05, 4.69) is 18.9 Å². The van der Waals surface area contributed by atoms with E-state index in [9.17, 15) is 10.1 Å². The Balaban J connectivity index is 2.94. The summed E-state index contributed by atoms with van der Waals surface area (Å²) >= 11 is 0. The summed E-state index contributed by atoms with van der Waals surface area (Å²) in [6.45, 7) is 5.82. The van der Waals surface area contributed by atoms with Crippen molar-refractivity contribution in [3.63, 3.8) is 0 Å². The molecule has 0 amide bonds. The molecule has 17 heavy (non-hydrogen) atoms. The van der Waals surface area contributed by atoms with Gasteiger partial charge in [-0.1, -0.05) is 13.8 Å². The highest BCUT2D eigenvalue weighted by atomic mass is 16.6. The molecule has 6 nitrogen and oxygen atoms in total. The number of hydrogen-bond donors (Lipinski definition) is 1. The summed E-state index contributed by atoms with van der Waals surface area (Å²) in [4.78, 5) is 10.6. The molecule has 0 aliphatic heterocycles. The van der Waals surface area contributed by atoms with Crippen LogP contribution in [0.15, 0.2) is 0 Å². The SMILES string of the molecule is Cc1nn(C)c(CC(N)CC(C)C)c1[N+](=O)[O-]. The van der Waals surface area contributed by atoms with Gasteiger partial charge < -0.3 is 5.73 Å². The van der Waals surface area contributed by atoms with Crippen molar-refractivity contribution in [2.75, 3.05) is 0 Å². The van der Waals surface area contributed by atoms with Gasteiger partial charge in [-0.25, -0.2) is 0 Å². The number of aromatic nitrogens is 2. The average Bonchev–Trinajstić information content (AvgIpc) is 2.39.